The number of oxazole rings is 1. The average Bonchev–Trinajstić information content (AvgIpc) is 3.38. The number of methoxy groups -OCH3 is 1. The molecule has 1 aliphatic heterocycles. The molecule has 0 atom stereocenters. The molecule has 0 radical (unpaired) electrons. The summed E-state index contributed by atoms with van der Waals surface area (Å²) in [5, 5.41) is 7.10. The molecule has 34 heavy (non-hydrogen) atoms. The molecule has 3 N–H and O–H groups in total. The summed E-state index contributed by atoms with van der Waals surface area (Å²) in [7, 11) is 3.14. The highest BCUT2D eigenvalue weighted by molar-refractivity contribution is 5.96. The molecule has 4 heterocycles. The number of aryl methyl sites for hydroxylation is 1. The van der Waals surface area contributed by atoms with Gasteiger partial charge in [0, 0.05) is 32.3 Å². The average molecular weight is 462 g/mol. The molecular formula is C22H22N8O4. The Bertz CT molecular complexity index is 1390. The number of anilines is 3. The van der Waals surface area contributed by atoms with Gasteiger partial charge in [0.05, 0.1) is 37.3 Å². The summed E-state index contributed by atoms with van der Waals surface area (Å²) in [4.78, 5) is 38.8. The third-order valence-corrected chi connectivity index (χ3v) is 5.58. The van der Waals surface area contributed by atoms with Crippen molar-refractivity contribution in [2.75, 3.05) is 30.4 Å². The maximum absolute atomic E-state index is 12.0. The van der Waals surface area contributed by atoms with Gasteiger partial charge in [-0.3, -0.25) is 14.3 Å². The fraction of sp³-hybridized carbons (Fsp3) is 0.273. The number of hydrogen-bond acceptors (Lipinski definition) is 10. The molecule has 12 heteroatoms. The van der Waals surface area contributed by atoms with Crippen molar-refractivity contribution in [1.29, 1.82) is 0 Å². The number of primary amides is 1. The monoisotopic (exact) mass is 462 g/mol. The number of fused-ring (bicyclic) bond motifs is 1. The Balaban J connectivity index is 1.29. The maximum Gasteiger partial charge on any atom is 0.309 e. The van der Waals surface area contributed by atoms with Crippen molar-refractivity contribution in [1.82, 2.24) is 24.7 Å². The van der Waals surface area contributed by atoms with E-state index in [0.29, 0.717) is 41.6 Å². The zero-order valence-corrected chi connectivity index (χ0v) is 18.6. The largest absolute Gasteiger partial charge is 0.469 e. The number of nitrogens with one attached hydrogen (secondary N) is 1. The van der Waals surface area contributed by atoms with Crippen LogP contribution in [0, 0.1) is 0 Å². The van der Waals surface area contributed by atoms with E-state index in [2.05, 4.69) is 25.4 Å². The van der Waals surface area contributed by atoms with Crippen LogP contribution in [0.3, 0.4) is 0 Å². The first-order valence-electron chi connectivity index (χ1n) is 10.5. The summed E-state index contributed by atoms with van der Waals surface area (Å²) in [6.07, 6.45) is 5.17. The number of rotatable bonds is 7. The molecule has 1 amide bonds. The van der Waals surface area contributed by atoms with Crippen LogP contribution in [0.15, 0.2) is 41.2 Å². The van der Waals surface area contributed by atoms with Gasteiger partial charge in [0.2, 0.25) is 0 Å². The first kappa shape index (κ1) is 21.4. The molecule has 0 aliphatic carbocycles. The number of benzene rings is 1. The summed E-state index contributed by atoms with van der Waals surface area (Å²) in [6, 6.07) is 5.92. The fourth-order valence-electron chi connectivity index (χ4n) is 3.75. The summed E-state index contributed by atoms with van der Waals surface area (Å²) in [5.41, 5.74) is 9.05. The third kappa shape index (κ3) is 4.12. The maximum atomic E-state index is 12.0. The van der Waals surface area contributed by atoms with Crippen LogP contribution in [-0.2, 0) is 23.0 Å². The molecule has 0 bridgehead atoms. The van der Waals surface area contributed by atoms with Gasteiger partial charge in [-0.05, 0) is 17.7 Å². The van der Waals surface area contributed by atoms with Gasteiger partial charge in [-0.1, -0.05) is 6.07 Å². The number of carbonyl (C=O) groups is 2. The van der Waals surface area contributed by atoms with Gasteiger partial charge < -0.3 is 25.1 Å². The van der Waals surface area contributed by atoms with E-state index < -0.39 is 5.91 Å². The normalized spacial score (nSPS) is 13.6. The van der Waals surface area contributed by atoms with E-state index in [1.165, 1.54) is 7.11 Å². The van der Waals surface area contributed by atoms with E-state index >= 15 is 0 Å². The number of nitrogens with zero attached hydrogens (tertiary/aromatic N) is 6. The van der Waals surface area contributed by atoms with Crippen molar-refractivity contribution in [3.8, 4) is 0 Å². The minimum atomic E-state index is -0.668. The lowest BCUT2D eigenvalue weighted by atomic mass is 9.97. The van der Waals surface area contributed by atoms with Gasteiger partial charge in [-0.25, -0.2) is 9.97 Å². The molecule has 1 fully saturated rings. The number of carbonyl (C=O) groups excluding carboxylic acids is 2. The van der Waals surface area contributed by atoms with Crippen molar-refractivity contribution in [2.24, 2.45) is 12.8 Å². The molecular weight excluding hydrogens is 440 g/mol. The van der Waals surface area contributed by atoms with E-state index in [0.717, 1.165) is 5.56 Å². The quantitative estimate of drug-likeness (QED) is 0.386. The van der Waals surface area contributed by atoms with Crippen LogP contribution in [0.2, 0.25) is 0 Å². The first-order chi connectivity index (χ1) is 16.4. The van der Waals surface area contributed by atoms with Crippen LogP contribution in [0.25, 0.3) is 11.1 Å². The van der Waals surface area contributed by atoms with Crippen molar-refractivity contribution in [3.63, 3.8) is 0 Å². The van der Waals surface area contributed by atoms with Crippen LogP contribution < -0.4 is 16.0 Å². The summed E-state index contributed by atoms with van der Waals surface area (Å²) in [6.45, 7) is 1.20. The molecule has 0 saturated carbocycles. The number of hydrogen-bond donors (Lipinski definition) is 2. The highest BCUT2D eigenvalue weighted by Gasteiger charge is 2.33. The number of ether oxygens (including phenoxy) is 1. The molecule has 5 rings (SSSR count). The topological polar surface area (TPSA) is 154 Å². The van der Waals surface area contributed by atoms with Gasteiger partial charge in [0.25, 0.3) is 11.9 Å². The van der Waals surface area contributed by atoms with E-state index in [9.17, 15) is 9.59 Å². The molecule has 1 aliphatic rings. The Kier molecular flexibility index (Phi) is 5.32. The van der Waals surface area contributed by atoms with Crippen molar-refractivity contribution < 1.29 is 18.7 Å². The smallest absolute Gasteiger partial charge is 0.309 e. The fourth-order valence-corrected chi connectivity index (χ4v) is 3.75. The lowest BCUT2D eigenvalue weighted by molar-refractivity contribution is -0.139. The van der Waals surface area contributed by atoms with Crippen molar-refractivity contribution in [3.05, 3.63) is 53.7 Å². The Labute approximate surface area is 193 Å². The highest BCUT2D eigenvalue weighted by atomic mass is 16.5. The molecule has 0 unspecified atom stereocenters. The van der Waals surface area contributed by atoms with Gasteiger partial charge in [0.1, 0.15) is 5.52 Å². The van der Waals surface area contributed by atoms with E-state index in [1.807, 2.05) is 17.0 Å². The van der Waals surface area contributed by atoms with E-state index in [-0.39, 0.29) is 29.8 Å². The minimum Gasteiger partial charge on any atom is -0.469 e. The van der Waals surface area contributed by atoms with Crippen molar-refractivity contribution in [2.45, 2.75) is 12.3 Å². The molecule has 4 aromatic rings. The number of esters is 1. The van der Waals surface area contributed by atoms with Gasteiger partial charge in [-0.15, -0.1) is 0 Å². The predicted octanol–water partition coefficient (Wildman–Crippen LogP) is 1.51. The lowest BCUT2D eigenvalue weighted by Gasteiger charge is -2.37. The van der Waals surface area contributed by atoms with Gasteiger partial charge in [0.15, 0.2) is 17.1 Å². The molecule has 174 valence electrons. The number of aromatic nitrogens is 5. The number of nitrogens with two attached hydrogens (primary N) is 1. The molecule has 12 nitrogen and oxygen atoms in total. The van der Waals surface area contributed by atoms with Crippen LogP contribution in [0.5, 0.6) is 0 Å². The van der Waals surface area contributed by atoms with Gasteiger partial charge >= 0.3 is 5.97 Å². The Morgan fingerprint density at radius 3 is 2.79 bits per heavy atom. The molecule has 0 spiro atoms. The second-order valence-electron chi connectivity index (χ2n) is 8.04. The third-order valence-electron chi connectivity index (χ3n) is 5.58. The second kappa shape index (κ2) is 8.46. The Hall–Kier alpha value is -4.48. The van der Waals surface area contributed by atoms with Crippen molar-refractivity contribution >= 4 is 40.5 Å². The highest BCUT2D eigenvalue weighted by Crippen LogP contribution is 2.33. The van der Waals surface area contributed by atoms with E-state index in [4.69, 9.17) is 14.9 Å². The zero-order chi connectivity index (χ0) is 23.8. The SMILES string of the molecule is COC(=O)Cc1ccc2nc(N3CC(c4cnc(Nc5cnn(C)c5)c(C(N)=O)n4)C3)oc2c1. The van der Waals surface area contributed by atoms with E-state index in [1.54, 1.807) is 36.4 Å². The second-order valence-corrected chi connectivity index (χ2v) is 8.04. The van der Waals surface area contributed by atoms with Crippen LogP contribution in [0.1, 0.15) is 27.7 Å². The molecule has 1 saturated heterocycles. The Morgan fingerprint density at radius 2 is 2.09 bits per heavy atom. The lowest BCUT2D eigenvalue weighted by Crippen LogP contribution is -2.45. The summed E-state index contributed by atoms with van der Waals surface area (Å²) >= 11 is 0. The number of amides is 1. The minimum absolute atomic E-state index is 0.0444. The standard InChI is InChI=1S/C22H22N8O4/c1-29-11-14(7-25-29)26-21-19(20(23)32)27-16(8-24-21)13-9-30(10-13)22-28-15-4-3-12(5-17(15)34-22)6-18(31)33-2/h3-5,7-8,11,13H,6,9-10H2,1-2H3,(H2,23,32)(H,24,26). The van der Waals surface area contributed by atoms with Gasteiger partial charge in [-0.2, -0.15) is 10.1 Å². The molecule has 1 aromatic carbocycles. The summed E-state index contributed by atoms with van der Waals surface area (Å²) < 4.78 is 12.2. The Morgan fingerprint density at radius 1 is 1.26 bits per heavy atom. The van der Waals surface area contributed by atoms with Crippen LogP contribution in [0.4, 0.5) is 17.5 Å². The predicted molar refractivity (Wildman–Crippen MR) is 122 cm³/mol. The van der Waals surface area contributed by atoms with Crippen LogP contribution in [-0.4, -0.2) is 56.8 Å². The zero-order valence-electron chi connectivity index (χ0n) is 18.6. The van der Waals surface area contributed by atoms with Crippen LogP contribution >= 0.6 is 0 Å². The first-order valence-corrected chi connectivity index (χ1v) is 10.5. The molecule has 3 aromatic heterocycles. The summed E-state index contributed by atoms with van der Waals surface area (Å²) in [5.74, 6) is -0.661.